The summed E-state index contributed by atoms with van der Waals surface area (Å²) in [6, 6.07) is 5.74. The van der Waals surface area contributed by atoms with Gasteiger partial charge >= 0.3 is 7.12 Å². The third-order valence-electron chi connectivity index (χ3n) is 4.30. The Kier molecular flexibility index (Phi) is 5.70. The normalized spacial score (nSPS) is 21.6. The fraction of sp³-hybridized carbons (Fsp3) is 0.667. The molecule has 1 saturated heterocycles. The minimum absolute atomic E-state index is 0.340. The van der Waals surface area contributed by atoms with E-state index >= 15 is 0 Å². The standard InChI is InChI=1S/C15H20BClO3.C3H8/c1-14(2)15(3,4)20-16(19-14)10-5-8-13(12(17)9-10)18-11-6-7-11;1-3-2/h5,8-9,11H,6-7H2,1-4H3;3H2,1-2H3. The second-order valence-corrected chi connectivity index (χ2v) is 7.71. The molecule has 0 amide bonds. The van der Waals surface area contributed by atoms with Gasteiger partial charge in [-0.3, -0.25) is 0 Å². The predicted octanol–water partition coefficient (Wildman–Crippen LogP) is 4.60. The van der Waals surface area contributed by atoms with Gasteiger partial charge in [-0.2, -0.15) is 0 Å². The van der Waals surface area contributed by atoms with Crippen LogP contribution < -0.4 is 10.2 Å². The minimum atomic E-state index is -0.382. The molecule has 1 aromatic carbocycles. The van der Waals surface area contributed by atoms with Crippen LogP contribution in [0, 0.1) is 0 Å². The lowest BCUT2D eigenvalue weighted by molar-refractivity contribution is 0.00578. The van der Waals surface area contributed by atoms with Crippen LogP contribution in [-0.4, -0.2) is 24.4 Å². The van der Waals surface area contributed by atoms with Gasteiger partial charge in [-0.1, -0.05) is 37.9 Å². The molecule has 3 nitrogen and oxygen atoms in total. The summed E-state index contributed by atoms with van der Waals surface area (Å²) in [6.07, 6.45) is 3.83. The molecular formula is C18H28BClO3. The van der Waals surface area contributed by atoms with Crippen molar-refractivity contribution in [2.45, 2.75) is 78.1 Å². The van der Waals surface area contributed by atoms with Crippen LogP contribution in [0.2, 0.25) is 5.02 Å². The van der Waals surface area contributed by atoms with E-state index in [-0.39, 0.29) is 18.3 Å². The quantitative estimate of drug-likeness (QED) is 0.754. The van der Waals surface area contributed by atoms with E-state index in [4.69, 9.17) is 25.6 Å². The van der Waals surface area contributed by atoms with E-state index in [9.17, 15) is 0 Å². The lowest BCUT2D eigenvalue weighted by Crippen LogP contribution is -2.41. The molecule has 3 rings (SSSR count). The first kappa shape index (κ1) is 18.6. The third kappa shape index (κ3) is 4.43. The molecule has 1 heterocycles. The minimum Gasteiger partial charge on any atom is -0.489 e. The van der Waals surface area contributed by atoms with Crippen molar-refractivity contribution < 1.29 is 14.0 Å². The zero-order chi connectivity index (χ0) is 17.3. The molecule has 0 unspecified atom stereocenters. The zero-order valence-electron chi connectivity index (χ0n) is 15.1. The van der Waals surface area contributed by atoms with Gasteiger partial charge in [0.1, 0.15) is 5.75 Å². The van der Waals surface area contributed by atoms with Gasteiger partial charge in [-0.05, 0) is 58.1 Å². The molecule has 5 heteroatoms. The Morgan fingerprint density at radius 1 is 1.13 bits per heavy atom. The van der Waals surface area contributed by atoms with Crippen LogP contribution in [-0.2, 0) is 9.31 Å². The molecule has 23 heavy (non-hydrogen) atoms. The van der Waals surface area contributed by atoms with E-state index in [2.05, 4.69) is 13.8 Å². The Labute approximate surface area is 145 Å². The van der Waals surface area contributed by atoms with Crippen molar-refractivity contribution in [3.63, 3.8) is 0 Å². The van der Waals surface area contributed by atoms with Gasteiger partial charge in [-0.15, -0.1) is 0 Å². The summed E-state index contributed by atoms with van der Waals surface area (Å²) in [4.78, 5) is 0. The maximum Gasteiger partial charge on any atom is 0.494 e. The van der Waals surface area contributed by atoms with E-state index in [0.717, 1.165) is 24.1 Å². The van der Waals surface area contributed by atoms with E-state index in [1.54, 1.807) is 0 Å². The first-order valence-electron chi connectivity index (χ1n) is 8.52. The lowest BCUT2D eigenvalue weighted by atomic mass is 9.79. The van der Waals surface area contributed by atoms with Crippen LogP contribution in [0.5, 0.6) is 5.75 Å². The highest BCUT2D eigenvalue weighted by Gasteiger charge is 2.51. The summed E-state index contributed by atoms with van der Waals surface area (Å²) < 4.78 is 17.8. The molecule has 2 fully saturated rings. The number of rotatable bonds is 3. The van der Waals surface area contributed by atoms with Crippen LogP contribution in [0.4, 0.5) is 0 Å². The average Bonchev–Trinajstić information content (AvgIpc) is 3.20. The molecule has 2 aliphatic rings. The van der Waals surface area contributed by atoms with Crippen LogP contribution in [0.15, 0.2) is 18.2 Å². The highest BCUT2D eigenvalue weighted by molar-refractivity contribution is 6.62. The van der Waals surface area contributed by atoms with Crippen LogP contribution in [0.1, 0.15) is 60.8 Å². The van der Waals surface area contributed by atoms with Crippen molar-refractivity contribution in [2.75, 3.05) is 0 Å². The summed E-state index contributed by atoms with van der Waals surface area (Å²) in [5.74, 6) is 0.745. The molecule has 0 spiro atoms. The number of benzene rings is 1. The Morgan fingerprint density at radius 3 is 2.09 bits per heavy atom. The predicted molar refractivity (Wildman–Crippen MR) is 96.8 cm³/mol. The number of halogens is 1. The number of hydrogen-bond donors (Lipinski definition) is 0. The summed E-state index contributed by atoms with van der Waals surface area (Å²) >= 11 is 6.29. The van der Waals surface area contributed by atoms with Gasteiger partial charge in [0.15, 0.2) is 0 Å². The van der Waals surface area contributed by atoms with Crippen molar-refractivity contribution in [3.05, 3.63) is 23.2 Å². The molecular weight excluding hydrogens is 310 g/mol. The molecule has 0 atom stereocenters. The van der Waals surface area contributed by atoms with Crippen molar-refractivity contribution in [1.29, 1.82) is 0 Å². The molecule has 0 N–H and O–H groups in total. The second-order valence-electron chi connectivity index (χ2n) is 7.30. The smallest absolute Gasteiger partial charge is 0.489 e. The largest absolute Gasteiger partial charge is 0.494 e. The highest BCUT2D eigenvalue weighted by Crippen LogP contribution is 2.37. The zero-order valence-corrected chi connectivity index (χ0v) is 15.9. The van der Waals surface area contributed by atoms with Crippen molar-refractivity contribution in [3.8, 4) is 5.75 Å². The van der Waals surface area contributed by atoms with Crippen LogP contribution in [0.3, 0.4) is 0 Å². The second kappa shape index (κ2) is 7.04. The summed E-state index contributed by atoms with van der Waals surface area (Å²) in [5.41, 5.74) is 0.248. The molecule has 1 aliphatic carbocycles. The monoisotopic (exact) mass is 338 g/mol. The molecule has 1 saturated carbocycles. The van der Waals surface area contributed by atoms with Crippen molar-refractivity contribution in [2.24, 2.45) is 0 Å². The SMILES string of the molecule is CC1(C)OB(c2ccc(OC3CC3)c(Cl)c2)OC1(C)C.CCC. The first-order valence-corrected chi connectivity index (χ1v) is 8.89. The first-order chi connectivity index (χ1) is 10.7. The number of ether oxygens (including phenoxy) is 1. The summed E-state index contributed by atoms with van der Waals surface area (Å²) in [7, 11) is -0.382. The molecule has 0 radical (unpaired) electrons. The summed E-state index contributed by atoms with van der Waals surface area (Å²) in [5, 5.41) is 0.615. The summed E-state index contributed by atoms with van der Waals surface area (Å²) in [6.45, 7) is 12.4. The molecule has 0 aromatic heterocycles. The maximum absolute atomic E-state index is 6.29. The maximum atomic E-state index is 6.29. The molecule has 128 valence electrons. The third-order valence-corrected chi connectivity index (χ3v) is 4.59. The van der Waals surface area contributed by atoms with Gasteiger partial charge in [0.25, 0.3) is 0 Å². The Bertz CT molecular complexity index is 525. The van der Waals surface area contributed by atoms with Gasteiger partial charge in [0, 0.05) is 0 Å². The Morgan fingerprint density at radius 2 is 1.65 bits per heavy atom. The lowest BCUT2D eigenvalue weighted by Gasteiger charge is -2.32. The van der Waals surface area contributed by atoms with Crippen LogP contribution >= 0.6 is 11.6 Å². The molecule has 0 bridgehead atoms. The fourth-order valence-electron chi connectivity index (χ4n) is 2.10. The Balaban J connectivity index is 0.000000595. The van der Waals surface area contributed by atoms with E-state index in [1.165, 1.54) is 6.42 Å². The van der Waals surface area contributed by atoms with Crippen LogP contribution in [0.25, 0.3) is 0 Å². The Hall–Kier alpha value is -0.705. The average molecular weight is 339 g/mol. The molecule has 1 aliphatic heterocycles. The van der Waals surface area contributed by atoms with Gasteiger partial charge in [0.2, 0.25) is 0 Å². The van der Waals surface area contributed by atoms with Gasteiger partial charge in [0.05, 0.1) is 22.3 Å². The number of hydrogen-bond acceptors (Lipinski definition) is 3. The van der Waals surface area contributed by atoms with E-state index < -0.39 is 0 Å². The highest BCUT2D eigenvalue weighted by atomic mass is 35.5. The fourth-order valence-corrected chi connectivity index (χ4v) is 2.34. The van der Waals surface area contributed by atoms with Crippen molar-refractivity contribution >= 4 is 24.2 Å². The van der Waals surface area contributed by atoms with E-state index in [0.29, 0.717) is 11.1 Å². The van der Waals surface area contributed by atoms with Gasteiger partial charge in [-0.25, -0.2) is 0 Å². The van der Waals surface area contributed by atoms with Gasteiger partial charge < -0.3 is 14.0 Å². The topological polar surface area (TPSA) is 27.7 Å². The van der Waals surface area contributed by atoms with E-state index in [1.807, 2.05) is 45.9 Å². The molecule has 1 aromatic rings. The van der Waals surface area contributed by atoms with Crippen molar-refractivity contribution in [1.82, 2.24) is 0 Å².